The summed E-state index contributed by atoms with van der Waals surface area (Å²) >= 11 is 5.10. The molecule has 5 nitrogen and oxygen atoms in total. The first-order valence-electron chi connectivity index (χ1n) is 4.34. The Hall–Kier alpha value is -0.760. The van der Waals surface area contributed by atoms with E-state index in [-0.39, 0.29) is 6.04 Å². The Bertz CT molecular complexity index is 412. The molecule has 0 bridgehead atoms. The Kier molecular flexibility index (Phi) is 3.47. The fourth-order valence-electron chi connectivity index (χ4n) is 1.28. The van der Waals surface area contributed by atoms with Crippen LogP contribution in [0.1, 0.15) is 16.7 Å². The van der Waals surface area contributed by atoms with E-state index < -0.39 is 0 Å². The number of nitrogens with one attached hydrogen (secondary N) is 2. The minimum absolute atomic E-state index is 0.0296. The molecule has 0 aliphatic rings. The Balaban J connectivity index is 2.09. The second kappa shape index (κ2) is 4.84. The molecule has 4 N–H and O–H groups in total. The number of thiophene rings is 1. The molecule has 2 heterocycles. The lowest BCUT2D eigenvalue weighted by molar-refractivity contribution is 0.528. The van der Waals surface area contributed by atoms with Crippen LogP contribution in [0.4, 0.5) is 0 Å². The maximum Gasteiger partial charge on any atom is 0.143 e. The molecule has 0 saturated carbocycles. The van der Waals surface area contributed by atoms with Crippen molar-refractivity contribution in [2.75, 3.05) is 0 Å². The van der Waals surface area contributed by atoms with Gasteiger partial charge in [0, 0.05) is 21.2 Å². The average molecular weight is 288 g/mol. The molecular formula is C8H10BrN5S. The Morgan fingerprint density at radius 2 is 2.53 bits per heavy atom. The highest BCUT2D eigenvalue weighted by Gasteiger charge is 2.14. The van der Waals surface area contributed by atoms with Crippen LogP contribution in [0.3, 0.4) is 0 Å². The van der Waals surface area contributed by atoms with Crippen LogP contribution in [0, 0.1) is 0 Å². The summed E-state index contributed by atoms with van der Waals surface area (Å²) in [5, 5.41) is 8.65. The highest BCUT2D eigenvalue weighted by molar-refractivity contribution is 9.10. The minimum atomic E-state index is -0.0296. The zero-order valence-corrected chi connectivity index (χ0v) is 10.2. The van der Waals surface area contributed by atoms with Crippen molar-refractivity contribution in [3.63, 3.8) is 0 Å². The van der Waals surface area contributed by atoms with Gasteiger partial charge in [-0.1, -0.05) is 0 Å². The summed E-state index contributed by atoms with van der Waals surface area (Å²) in [6, 6.07) is 2.05. The van der Waals surface area contributed by atoms with E-state index in [0.717, 1.165) is 16.7 Å². The van der Waals surface area contributed by atoms with Gasteiger partial charge in [-0.3, -0.25) is 10.9 Å². The summed E-state index contributed by atoms with van der Waals surface area (Å²) in [7, 11) is 0. The molecule has 80 valence electrons. The van der Waals surface area contributed by atoms with Crippen molar-refractivity contribution < 1.29 is 0 Å². The van der Waals surface area contributed by atoms with E-state index in [1.807, 2.05) is 5.38 Å². The predicted octanol–water partition coefficient (Wildman–Crippen LogP) is 1.38. The molecule has 0 aromatic carbocycles. The zero-order valence-electron chi connectivity index (χ0n) is 7.77. The van der Waals surface area contributed by atoms with Crippen LogP contribution in [0.25, 0.3) is 0 Å². The fraction of sp³-hybridized carbons (Fsp3) is 0.250. The van der Waals surface area contributed by atoms with Crippen LogP contribution in [-0.4, -0.2) is 15.2 Å². The first-order valence-corrected chi connectivity index (χ1v) is 6.01. The first-order chi connectivity index (χ1) is 7.29. The standard InChI is InChI=1S/C8H10BrN5S/c9-5-1-6(15-3-5)2-7(13-10)8-11-4-12-14-8/h1,3-4,7,13H,2,10H2,(H,11,12,14). The van der Waals surface area contributed by atoms with Crippen LogP contribution < -0.4 is 11.3 Å². The molecule has 0 fully saturated rings. The normalized spacial score (nSPS) is 12.9. The summed E-state index contributed by atoms with van der Waals surface area (Å²) in [5.41, 5.74) is 2.72. The third-order valence-corrected chi connectivity index (χ3v) is 3.71. The van der Waals surface area contributed by atoms with Crippen molar-refractivity contribution >= 4 is 27.3 Å². The lowest BCUT2D eigenvalue weighted by Crippen LogP contribution is -2.30. The molecule has 0 amide bonds. The predicted molar refractivity (Wildman–Crippen MR) is 62.2 cm³/mol. The highest BCUT2D eigenvalue weighted by Crippen LogP contribution is 2.23. The number of halogens is 1. The number of aromatic amines is 1. The van der Waals surface area contributed by atoms with Crippen molar-refractivity contribution in [1.82, 2.24) is 20.6 Å². The maximum atomic E-state index is 5.47. The van der Waals surface area contributed by atoms with Gasteiger partial charge in [-0.15, -0.1) is 11.3 Å². The molecule has 0 saturated heterocycles. The summed E-state index contributed by atoms with van der Waals surface area (Å²) < 4.78 is 1.09. The molecule has 0 aliphatic heterocycles. The monoisotopic (exact) mass is 287 g/mol. The number of rotatable bonds is 4. The number of hydrogen-bond donors (Lipinski definition) is 3. The van der Waals surface area contributed by atoms with Crippen molar-refractivity contribution in [2.24, 2.45) is 5.84 Å². The number of nitrogens with two attached hydrogens (primary N) is 1. The van der Waals surface area contributed by atoms with E-state index in [2.05, 4.69) is 42.6 Å². The Labute approximate surface area is 99.2 Å². The summed E-state index contributed by atoms with van der Waals surface area (Å²) in [6.07, 6.45) is 2.27. The Morgan fingerprint density at radius 3 is 3.07 bits per heavy atom. The molecule has 7 heteroatoms. The molecule has 1 atom stereocenters. The van der Waals surface area contributed by atoms with Crippen LogP contribution in [0.2, 0.25) is 0 Å². The van der Waals surface area contributed by atoms with E-state index in [1.165, 1.54) is 11.2 Å². The number of hydrogen-bond acceptors (Lipinski definition) is 5. The van der Waals surface area contributed by atoms with Crippen molar-refractivity contribution in [1.29, 1.82) is 0 Å². The van der Waals surface area contributed by atoms with Gasteiger partial charge in [-0.2, -0.15) is 5.10 Å². The molecular weight excluding hydrogens is 278 g/mol. The number of hydrazine groups is 1. The molecule has 15 heavy (non-hydrogen) atoms. The van der Waals surface area contributed by atoms with Gasteiger partial charge in [0.25, 0.3) is 0 Å². The topological polar surface area (TPSA) is 79.6 Å². The van der Waals surface area contributed by atoms with Crippen molar-refractivity contribution in [3.05, 3.63) is 32.9 Å². The van der Waals surface area contributed by atoms with Gasteiger partial charge in [-0.25, -0.2) is 10.4 Å². The average Bonchev–Trinajstić information content (AvgIpc) is 2.85. The SMILES string of the molecule is NNC(Cc1cc(Br)cs1)c1ncn[nH]1. The second-order valence-electron chi connectivity index (χ2n) is 3.03. The third kappa shape index (κ3) is 2.63. The van der Waals surface area contributed by atoms with Gasteiger partial charge in [0.15, 0.2) is 0 Å². The molecule has 1 unspecified atom stereocenters. The minimum Gasteiger partial charge on any atom is -0.271 e. The van der Waals surface area contributed by atoms with Crippen LogP contribution in [-0.2, 0) is 6.42 Å². The molecule has 0 spiro atoms. The molecule has 2 aromatic heterocycles. The van der Waals surface area contributed by atoms with E-state index in [4.69, 9.17) is 5.84 Å². The fourth-order valence-corrected chi connectivity index (χ4v) is 2.78. The maximum absolute atomic E-state index is 5.47. The number of nitrogens with zero attached hydrogens (tertiary/aromatic N) is 2. The van der Waals surface area contributed by atoms with Crippen LogP contribution in [0.15, 0.2) is 22.2 Å². The van der Waals surface area contributed by atoms with Gasteiger partial charge in [0.1, 0.15) is 12.2 Å². The third-order valence-electron chi connectivity index (χ3n) is 1.99. The first kappa shape index (κ1) is 10.7. The lowest BCUT2D eigenvalue weighted by atomic mass is 10.2. The molecule has 2 rings (SSSR count). The smallest absolute Gasteiger partial charge is 0.143 e. The summed E-state index contributed by atoms with van der Waals surface area (Å²) in [4.78, 5) is 5.31. The largest absolute Gasteiger partial charge is 0.271 e. The molecule has 0 radical (unpaired) electrons. The Morgan fingerprint density at radius 1 is 1.67 bits per heavy atom. The second-order valence-corrected chi connectivity index (χ2v) is 4.94. The van der Waals surface area contributed by atoms with E-state index in [9.17, 15) is 0 Å². The van der Waals surface area contributed by atoms with E-state index >= 15 is 0 Å². The molecule has 2 aromatic rings. The van der Waals surface area contributed by atoms with Gasteiger partial charge >= 0.3 is 0 Å². The van der Waals surface area contributed by atoms with E-state index in [1.54, 1.807) is 11.3 Å². The summed E-state index contributed by atoms with van der Waals surface area (Å²) in [5.74, 6) is 6.23. The quantitative estimate of drug-likeness (QED) is 0.586. The van der Waals surface area contributed by atoms with Gasteiger partial charge < -0.3 is 0 Å². The highest BCUT2D eigenvalue weighted by atomic mass is 79.9. The number of aromatic nitrogens is 3. The van der Waals surface area contributed by atoms with Crippen molar-refractivity contribution in [2.45, 2.75) is 12.5 Å². The van der Waals surface area contributed by atoms with Gasteiger partial charge in [-0.05, 0) is 22.0 Å². The van der Waals surface area contributed by atoms with Gasteiger partial charge in [0.05, 0.1) is 6.04 Å². The lowest BCUT2D eigenvalue weighted by Gasteiger charge is -2.10. The van der Waals surface area contributed by atoms with Crippen molar-refractivity contribution in [3.8, 4) is 0 Å². The van der Waals surface area contributed by atoms with Crippen LogP contribution in [0.5, 0.6) is 0 Å². The summed E-state index contributed by atoms with van der Waals surface area (Å²) in [6.45, 7) is 0. The number of H-pyrrole nitrogens is 1. The van der Waals surface area contributed by atoms with Gasteiger partial charge in [0.2, 0.25) is 0 Å². The van der Waals surface area contributed by atoms with Crippen LogP contribution >= 0.6 is 27.3 Å². The van der Waals surface area contributed by atoms with E-state index in [0.29, 0.717) is 0 Å². The molecule has 0 aliphatic carbocycles. The zero-order chi connectivity index (χ0) is 10.7.